The van der Waals surface area contributed by atoms with Gasteiger partial charge in [-0.15, -0.1) is 0 Å². The summed E-state index contributed by atoms with van der Waals surface area (Å²) in [6.45, 7) is 2.22. The van der Waals surface area contributed by atoms with E-state index in [1.807, 2.05) is 18.2 Å². The molecule has 7 nitrogen and oxygen atoms in total. The fraction of sp³-hybridized carbons (Fsp3) is 0.333. The standard InChI is InChI=1S/C33H32FN3O4/c34-27-7-5-22(6-8-27)33(39)37(18-21-4-9-30-31(14-21)41-20-40-30)19-26-16-25-15-23-2-1-3-24(23)17-29(25)35-32(26)36-12-10-28(38)11-13-36/h4-9,14-17,28,38H,1-3,10-13,18-20H2. The number of amides is 1. The number of aryl methyl sites for hydroxylation is 2. The van der Waals surface area contributed by atoms with Crippen molar-refractivity contribution in [3.05, 3.63) is 94.3 Å². The summed E-state index contributed by atoms with van der Waals surface area (Å²) >= 11 is 0. The van der Waals surface area contributed by atoms with Crippen molar-refractivity contribution in [1.82, 2.24) is 9.88 Å². The number of aliphatic hydroxyl groups excluding tert-OH is 1. The van der Waals surface area contributed by atoms with Gasteiger partial charge in [-0.05, 0) is 103 Å². The Bertz CT molecular complexity index is 1620. The molecule has 1 saturated heterocycles. The van der Waals surface area contributed by atoms with Crippen molar-refractivity contribution in [3.8, 4) is 11.5 Å². The predicted octanol–water partition coefficient (Wildman–Crippen LogP) is 5.40. The van der Waals surface area contributed by atoms with Gasteiger partial charge in [-0.3, -0.25) is 4.79 Å². The maximum Gasteiger partial charge on any atom is 0.254 e. The lowest BCUT2D eigenvalue weighted by atomic mass is 10.0. The van der Waals surface area contributed by atoms with E-state index in [9.17, 15) is 14.3 Å². The molecule has 2 aliphatic heterocycles. The molecule has 210 valence electrons. The number of benzene rings is 3. The number of aliphatic hydroxyl groups is 1. The highest BCUT2D eigenvalue weighted by molar-refractivity contribution is 5.94. The molecule has 0 atom stereocenters. The van der Waals surface area contributed by atoms with E-state index in [1.54, 1.807) is 4.90 Å². The zero-order chi connectivity index (χ0) is 27.9. The minimum Gasteiger partial charge on any atom is -0.454 e. The molecule has 1 N–H and O–H groups in total. The number of anilines is 1. The van der Waals surface area contributed by atoms with Crippen LogP contribution in [-0.4, -0.2) is 46.9 Å². The van der Waals surface area contributed by atoms with Crippen LogP contribution < -0.4 is 14.4 Å². The Morgan fingerprint density at radius 1 is 0.951 bits per heavy atom. The van der Waals surface area contributed by atoms with Crippen LogP contribution in [0.25, 0.3) is 10.9 Å². The second-order valence-electron chi connectivity index (χ2n) is 11.2. The van der Waals surface area contributed by atoms with Gasteiger partial charge in [-0.25, -0.2) is 9.37 Å². The zero-order valence-electron chi connectivity index (χ0n) is 22.8. The number of pyridine rings is 1. The number of rotatable bonds is 6. The summed E-state index contributed by atoms with van der Waals surface area (Å²) in [5.41, 5.74) is 5.97. The number of carbonyl (C=O) groups is 1. The van der Waals surface area contributed by atoms with Crippen LogP contribution in [0.4, 0.5) is 10.2 Å². The lowest BCUT2D eigenvalue weighted by Crippen LogP contribution is -2.38. The second kappa shape index (κ2) is 10.7. The molecule has 1 aliphatic carbocycles. The molecular weight excluding hydrogens is 521 g/mol. The molecule has 3 heterocycles. The van der Waals surface area contributed by atoms with Gasteiger partial charge in [0.2, 0.25) is 6.79 Å². The molecule has 0 unspecified atom stereocenters. The molecule has 0 spiro atoms. The van der Waals surface area contributed by atoms with Gasteiger partial charge < -0.3 is 24.4 Å². The zero-order valence-corrected chi connectivity index (χ0v) is 22.8. The van der Waals surface area contributed by atoms with Crippen LogP contribution in [0, 0.1) is 5.82 Å². The van der Waals surface area contributed by atoms with Crippen LogP contribution in [0.3, 0.4) is 0 Å². The summed E-state index contributed by atoms with van der Waals surface area (Å²) < 4.78 is 24.8. The SMILES string of the molecule is O=C(c1ccc(F)cc1)N(Cc1ccc2c(c1)OCO2)Cc1cc2cc3c(cc2nc1N1CCC(O)CC1)CCC3. The van der Waals surface area contributed by atoms with Gasteiger partial charge >= 0.3 is 0 Å². The Labute approximate surface area is 238 Å². The van der Waals surface area contributed by atoms with Crippen LogP contribution in [0.15, 0.2) is 60.7 Å². The summed E-state index contributed by atoms with van der Waals surface area (Å²) in [5, 5.41) is 11.2. The first-order valence-corrected chi connectivity index (χ1v) is 14.3. The number of piperidine rings is 1. The number of hydrogen-bond donors (Lipinski definition) is 1. The molecule has 3 aliphatic rings. The normalized spacial score (nSPS) is 16.3. The number of hydrogen-bond acceptors (Lipinski definition) is 6. The summed E-state index contributed by atoms with van der Waals surface area (Å²) in [5.74, 6) is 1.61. The molecule has 3 aromatic carbocycles. The number of carbonyl (C=O) groups excluding carboxylic acids is 1. The van der Waals surface area contributed by atoms with E-state index in [2.05, 4.69) is 23.1 Å². The Morgan fingerprint density at radius 3 is 2.51 bits per heavy atom. The number of fused-ring (bicyclic) bond motifs is 3. The number of halogens is 1. The van der Waals surface area contributed by atoms with E-state index in [1.165, 1.54) is 35.4 Å². The van der Waals surface area contributed by atoms with Crippen LogP contribution in [0.2, 0.25) is 0 Å². The fourth-order valence-electron chi connectivity index (χ4n) is 6.19. The van der Waals surface area contributed by atoms with Gasteiger partial charge in [0.25, 0.3) is 5.91 Å². The molecule has 0 bridgehead atoms. The van der Waals surface area contributed by atoms with Gasteiger partial charge in [0.05, 0.1) is 11.6 Å². The van der Waals surface area contributed by atoms with Crippen LogP contribution in [0.1, 0.15) is 51.9 Å². The van der Waals surface area contributed by atoms with E-state index in [4.69, 9.17) is 14.5 Å². The quantitative estimate of drug-likeness (QED) is 0.345. The first-order valence-electron chi connectivity index (χ1n) is 14.3. The number of aromatic nitrogens is 1. The average Bonchev–Trinajstić information content (AvgIpc) is 3.65. The van der Waals surface area contributed by atoms with Gasteiger partial charge in [0.1, 0.15) is 11.6 Å². The topological polar surface area (TPSA) is 75.1 Å². The van der Waals surface area contributed by atoms with Crippen molar-refractivity contribution >= 4 is 22.6 Å². The summed E-state index contributed by atoms with van der Waals surface area (Å²) in [7, 11) is 0. The van der Waals surface area contributed by atoms with E-state index >= 15 is 0 Å². The van der Waals surface area contributed by atoms with Gasteiger partial charge in [-0.1, -0.05) is 6.07 Å². The van der Waals surface area contributed by atoms with E-state index in [0.29, 0.717) is 56.1 Å². The molecule has 1 amide bonds. The fourth-order valence-corrected chi connectivity index (χ4v) is 6.19. The number of ether oxygens (including phenoxy) is 2. The third kappa shape index (κ3) is 5.20. The highest BCUT2D eigenvalue weighted by atomic mass is 19.1. The minimum atomic E-state index is -0.385. The maximum atomic E-state index is 13.9. The summed E-state index contributed by atoms with van der Waals surface area (Å²) in [6, 6.07) is 18.0. The molecule has 8 heteroatoms. The van der Waals surface area contributed by atoms with Crippen molar-refractivity contribution in [1.29, 1.82) is 0 Å². The van der Waals surface area contributed by atoms with Crippen molar-refractivity contribution < 1.29 is 23.8 Å². The Morgan fingerprint density at radius 2 is 1.71 bits per heavy atom. The highest BCUT2D eigenvalue weighted by Gasteiger charge is 2.26. The first kappa shape index (κ1) is 25.8. The summed E-state index contributed by atoms with van der Waals surface area (Å²) in [4.78, 5) is 23.1. The predicted molar refractivity (Wildman–Crippen MR) is 154 cm³/mol. The molecule has 7 rings (SSSR count). The van der Waals surface area contributed by atoms with Crippen LogP contribution in [-0.2, 0) is 25.9 Å². The van der Waals surface area contributed by atoms with Crippen molar-refractivity contribution in [2.75, 3.05) is 24.8 Å². The molecule has 0 saturated carbocycles. The molecule has 1 fully saturated rings. The molecule has 41 heavy (non-hydrogen) atoms. The van der Waals surface area contributed by atoms with Crippen LogP contribution in [0.5, 0.6) is 11.5 Å². The van der Waals surface area contributed by atoms with E-state index in [-0.39, 0.29) is 24.6 Å². The molecule has 4 aromatic rings. The van der Waals surface area contributed by atoms with Crippen molar-refractivity contribution in [2.24, 2.45) is 0 Å². The lowest BCUT2D eigenvalue weighted by molar-refractivity contribution is 0.0730. The monoisotopic (exact) mass is 553 g/mol. The highest BCUT2D eigenvalue weighted by Crippen LogP contribution is 2.35. The summed E-state index contributed by atoms with van der Waals surface area (Å²) in [6.07, 6.45) is 4.37. The van der Waals surface area contributed by atoms with Crippen molar-refractivity contribution in [3.63, 3.8) is 0 Å². The Balaban J connectivity index is 1.29. The number of nitrogens with zero attached hydrogens (tertiary/aromatic N) is 3. The molecule has 1 aromatic heterocycles. The van der Waals surface area contributed by atoms with Crippen molar-refractivity contribution in [2.45, 2.75) is 51.3 Å². The first-order chi connectivity index (χ1) is 20.0. The van der Waals surface area contributed by atoms with Gasteiger partial charge in [-0.2, -0.15) is 0 Å². The average molecular weight is 554 g/mol. The maximum absolute atomic E-state index is 13.9. The third-order valence-electron chi connectivity index (χ3n) is 8.40. The second-order valence-corrected chi connectivity index (χ2v) is 11.2. The third-order valence-corrected chi connectivity index (χ3v) is 8.40. The Kier molecular flexibility index (Phi) is 6.71. The van der Waals surface area contributed by atoms with Gasteiger partial charge in [0.15, 0.2) is 11.5 Å². The van der Waals surface area contributed by atoms with E-state index < -0.39 is 0 Å². The molecule has 0 radical (unpaired) electrons. The minimum absolute atomic E-state index is 0.178. The van der Waals surface area contributed by atoms with Gasteiger partial charge in [0, 0.05) is 42.7 Å². The molecular formula is C33H32FN3O4. The van der Waals surface area contributed by atoms with E-state index in [0.717, 1.165) is 47.1 Å². The lowest BCUT2D eigenvalue weighted by Gasteiger charge is -2.33. The largest absolute Gasteiger partial charge is 0.454 e. The Hall–Kier alpha value is -4.17. The smallest absolute Gasteiger partial charge is 0.254 e. The van der Waals surface area contributed by atoms with Crippen LogP contribution >= 0.6 is 0 Å².